The number of carbonyl (C=O) groups is 1. The van der Waals surface area contributed by atoms with Crippen LogP contribution < -0.4 is 20.5 Å². The van der Waals surface area contributed by atoms with Crippen LogP contribution in [0, 0.1) is 5.92 Å². The normalized spacial score (nSPS) is 18.5. The number of aromatic nitrogens is 2. The van der Waals surface area contributed by atoms with Crippen molar-refractivity contribution in [3.8, 4) is 11.5 Å². The number of carbonyl (C=O) groups excluding carboxylic acids is 1. The fourth-order valence-electron chi connectivity index (χ4n) is 2.81. The number of hydrogen-bond donors (Lipinski definition) is 3. The molecule has 138 valence electrons. The van der Waals surface area contributed by atoms with Crippen LogP contribution in [0.5, 0.6) is 11.5 Å². The molecule has 0 fully saturated rings. The van der Waals surface area contributed by atoms with Crippen LogP contribution in [0.25, 0.3) is 10.9 Å². The van der Waals surface area contributed by atoms with Crippen LogP contribution in [0.2, 0.25) is 0 Å². The van der Waals surface area contributed by atoms with E-state index in [-0.39, 0.29) is 42.4 Å². The zero-order chi connectivity index (χ0) is 17.3. The Balaban J connectivity index is 0.00000225. The third-order valence-electron chi connectivity index (χ3n) is 4.13. The highest BCUT2D eigenvalue weighted by atomic mass is 35.5. The molecule has 1 amide bonds. The van der Waals surface area contributed by atoms with Gasteiger partial charge in [-0.1, -0.05) is 13.8 Å². The molecule has 0 aliphatic carbocycles. The second-order valence-corrected chi connectivity index (χ2v) is 6.68. The molecule has 7 nitrogen and oxygen atoms in total. The maximum atomic E-state index is 12.1. The number of aromatic amines is 1. The Bertz CT molecular complexity index is 732. The number of nitrogens with two attached hydrogens (primary N) is 1. The number of fused-ring (bicyclic) bond motifs is 3. The van der Waals surface area contributed by atoms with E-state index in [1.807, 2.05) is 32.9 Å². The molecule has 2 aromatic rings. The molecular weight excluding hydrogens is 344 g/mol. The first kappa shape index (κ1) is 19.3. The van der Waals surface area contributed by atoms with Gasteiger partial charge in [0.1, 0.15) is 12.1 Å². The Morgan fingerprint density at radius 1 is 1.44 bits per heavy atom. The number of H-pyrrole nitrogens is 1. The van der Waals surface area contributed by atoms with Crippen LogP contribution >= 0.6 is 12.4 Å². The fraction of sp³-hybridized carbons (Fsp3) is 0.529. The van der Waals surface area contributed by atoms with Crippen LogP contribution in [0.3, 0.4) is 0 Å². The molecule has 25 heavy (non-hydrogen) atoms. The first-order chi connectivity index (χ1) is 11.5. The van der Waals surface area contributed by atoms with E-state index in [4.69, 9.17) is 15.2 Å². The van der Waals surface area contributed by atoms with E-state index in [1.165, 1.54) is 0 Å². The molecule has 0 spiro atoms. The summed E-state index contributed by atoms with van der Waals surface area (Å²) in [6, 6.07) is 3.53. The van der Waals surface area contributed by atoms with E-state index in [1.54, 1.807) is 6.20 Å². The van der Waals surface area contributed by atoms with Gasteiger partial charge >= 0.3 is 0 Å². The Hall–Kier alpha value is -1.99. The number of rotatable bonds is 5. The van der Waals surface area contributed by atoms with Crippen LogP contribution in [0.4, 0.5) is 0 Å². The second kappa shape index (κ2) is 7.93. The van der Waals surface area contributed by atoms with Gasteiger partial charge in [0.15, 0.2) is 17.6 Å². The van der Waals surface area contributed by atoms with Crippen molar-refractivity contribution in [2.75, 3.05) is 6.61 Å². The summed E-state index contributed by atoms with van der Waals surface area (Å²) in [5.74, 6) is 1.19. The summed E-state index contributed by atoms with van der Waals surface area (Å²) in [5.41, 5.74) is 6.75. The average molecular weight is 369 g/mol. The number of amides is 1. The summed E-state index contributed by atoms with van der Waals surface area (Å²) in [5, 5.41) is 11.0. The van der Waals surface area contributed by atoms with Crippen molar-refractivity contribution < 1.29 is 14.3 Å². The molecule has 8 heteroatoms. The topological polar surface area (TPSA) is 102 Å². The van der Waals surface area contributed by atoms with Crippen molar-refractivity contribution in [3.63, 3.8) is 0 Å². The number of benzene rings is 1. The van der Waals surface area contributed by atoms with Crippen molar-refractivity contribution in [3.05, 3.63) is 18.3 Å². The Morgan fingerprint density at radius 3 is 2.88 bits per heavy atom. The molecule has 0 saturated heterocycles. The zero-order valence-electron chi connectivity index (χ0n) is 14.6. The summed E-state index contributed by atoms with van der Waals surface area (Å²) in [7, 11) is 0. The van der Waals surface area contributed by atoms with Gasteiger partial charge in [-0.15, -0.1) is 12.4 Å². The third-order valence-corrected chi connectivity index (χ3v) is 4.13. The number of halogens is 1. The predicted octanol–water partition coefficient (Wildman–Crippen LogP) is 2.00. The van der Waals surface area contributed by atoms with Crippen molar-refractivity contribution in [2.24, 2.45) is 11.7 Å². The van der Waals surface area contributed by atoms with E-state index in [0.29, 0.717) is 24.5 Å². The van der Waals surface area contributed by atoms with Crippen LogP contribution in [0.15, 0.2) is 18.3 Å². The Kier molecular flexibility index (Phi) is 6.13. The van der Waals surface area contributed by atoms with Gasteiger partial charge in [-0.25, -0.2) is 0 Å². The molecule has 3 rings (SSSR count). The maximum Gasteiger partial charge on any atom is 0.222 e. The van der Waals surface area contributed by atoms with Crippen molar-refractivity contribution in [2.45, 2.75) is 45.4 Å². The summed E-state index contributed by atoms with van der Waals surface area (Å²) in [6.45, 7) is 6.00. The van der Waals surface area contributed by atoms with Gasteiger partial charge in [-0.2, -0.15) is 5.10 Å². The Morgan fingerprint density at radius 2 is 2.20 bits per heavy atom. The minimum Gasteiger partial charge on any atom is -0.486 e. The minimum absolute atomic E-state index is 0. The number of nitrogens with zero attached hydrogens (tertiary/aromatic N) is 1. The second-order valence-electron chi connectivity index (χ2n) is 6.68. The quantitative estimate of drug-likeness (QED) is 0.749. The number of hydrogen-bond acceptors (Lipinski definition) is 5. The molecule has 4 N–H and O–H groups in total. The summed E-state index contributed by atoms with van der Waals surface area (Å²) in [6.07, 6.45) is 2.05. The van der Waals surface area contributed by atoms with Gasteiger partial charge in [-0.3, -0.25) is 9.89 Å². The molecule has 1 aliphatic heterocycles. The number of ether oxygens (including phenoxy) is 2. The monoisotopic (exact) mass is 368 g/mol. The van der Waals surface area contributed by atoms with E-state index < -0.39 is 0 Å². The van der Waals surface area contributed by atoms with Crippen LogP contribution in [-0.4, -0.2) is 40.9 Å². The molecule has 1 aromatic heterocycles. The molecule has 1 aromatic carbocycles. The van der Waals surface area contributed by atoms with Crippen molar-refractivity contribution >= 4 is 29.2 Å². The largest absolute Gasteiger partial charge is 0.486 e. The smallest absolute Gasteiger partial charge is 0.222 e. The number of nitrogens with one attached hydrogen (secondary N) is 2. The van der Waals surface area contributed by atoms with Crippen LogP contribution in [0.1, 0.15) is 27.2 Å². The highest BCUT2D eigenvalue weighted by Gasteiger charge is 2.32. The maximum absolute atomic E-state index is 12.1. The van der Waals surface area contributed by atoms with Crippen molar-refractivity contribution in [1.82, 2.24) is 15.5 Å². The van der Waals surface area contributed by atoms with Gasteiger partial charge < -0.3 is 20.5 Å². The molecule has 2 unspecified atom stereocenters. The van der Waals surface area contributed by atoms with Gasteiger partial charge in [0.25, 0.3) is 0 Å². The molecule has 0 bridgehead atoms. The lowest BCUT2D eigenvalue weighted by atomic mass is 10.0. The van der Waals surface area contributed by atoms with Gasteiger partial charge in [0.05, 0.1) is 12.2 Å². The van der Waals surface area contributed by atoms with Crippen molar-refractivity contribution in [1.29, 1.82) is 0 Å². The lowest BCUT2D eigenvalue weighted by molar-refractivity contribution is -0.125. The van der Waals surface area contributed by atoms with Gasteiger partial charge in [0.2, 0.25) is 5.91 Å². The zero-order valence-corrected chi connectivity index (χ0v) is 15.4. The molecule has 3 atom stereocenters. The highest BCUT2D eigenvalue weighted by molar-refractivity contribution is 5.87. The van der Waals surface area contributed by atoms with E-state index in [0.717, 1.165) is 10.9 Å². The molecule has 1 aliphatic rings. The lowest BCUT2D eigenvalue weighted by Gasteiger charge is -2.34. The average Bonchev–Trinajstić information content (AvgIpc) is 3.02. The summed E-state index contributed by atoms with van der Waals surface area (Å²) in [4.78, 5) is 12.1. The standard InChI is InChI=1S/C17H24N4O3.ClH/c1-9(2)17(22)20-12(6-10(3)18)14-8-23-13-5-4-11-7-19-21-15(11)16(13)24-14;/h4-5,7,9-10,12,14H,6,8,18H2,1-3H3,(H,19,21)(H,20,22);1H/t10?,12-,14?;/m0./s1. The fourth-order valence-corrected chi connectivity index (χ4v) is 2.81. The van der Waals surface area contributed by atoms with Gasteiger partial charge in [0, 0.05) is 17.3 Å². The minimum atomic E-state index is -0.305. The molecule has 0 saturated carbocycles. The lowest BCUT2D eigenvalue weighted by Crippen LogP contribution is -2.52. The third kappa shape index (κ3) is 4.16. The molecule has 2 heterocycles. The Labute approximate surface area is 153 Å². The van der Waals surface area contributed by atoms with Crippen LogP contribution in [-0.2, 0) is 4.79 Å². The molecular formula is C17H25ClN4O3. The first-order valence-corrected chi connectivity index (χ1v) is 8.27. The summed E-state index contributed by atoms with van der Waals surface area (Å²) >= 11 is 0. The predicted molar refractivity (Wildman–Crippen MR) is 98.3 cm³/mol. The van der Waals surface area contributed by atoms with E-state index in [2.05, 4.69) is 15.5 Å². The summed E-state index contributed by atoms with van der Waals surface area (Å²) < 4.78 is 12.0. The highest BCUT2D eigenvalue weighted by Crippen LogP contribution is 2.38. The van der Waals surface area contributed by atoms with E-state index >= 15 is 0 Å². The SMILES string of the molecule is CC(N)C[C@H](NC(=O)C(C)C)C1COc2ccc3cn[nH]c3c2O1.Cl. The first-order valence-electron chi connectivity index (χ1n) is 8.27. The van der Waals surface area contributed by atoms with E-state index in [9.17, 15) is 4.79 Å². The van der Waals surface area contributed by atoms with Gasteiger partial charge in [-0.05, 0) is 25.5 Å². The molecule has 0 radical (unpaired) electrons.